The average molecular weight is 242 g/mol. The first-order valence-electron chi connectivity index (χ1n) is 6.66. The highest BCUT2D eigenvalue weighted by Crippen LogP contribution is 2.23. The molecule has 1 rings (SSSR count). The number of aliphatic hydroxyl groups is 1. The number of hydrogen-bond donors (Lipinski definition) is 2. The van der Waals surface area contributed by atoms with Gasteiger partial charge in [0.15, 0.2) is 0 Å². The number of hydrogen-bond acceptors (Lipinski definition) is 3. The molecule has 2 N–H and O–H groups in total. The predicted octanol–water partition coefficient (Wildman–Crippen LogP) is 0.994. The molecular formula is C13H26N2O2. The van der Waals surface area contributed by atoms with E-state index in [0.29, 0.717) is 12.6 Å². The molecule has 1 aliphatic rings. The number of likely N-dealkylation sites (N-methyl/N-ethyl adjacent to an activating group) is 1. The number of amides is 1. The van der Waals surface area contributed by atoms with Crippen LogP contribution in [0.25, 0.3) is 0 Å². The lowest BCUT2D eigenvalue weighted by Gasteiger charge is -2.30. The first-order valence-corrected chi connectivity index (χ1v) is 6.66. The summed E-state index contributed by atoms with van der Waals surface area (Å²) in [7, 11) is 1.86. The summed E-state index contributed by atoms with van der Waals surface area (Å²) in [5.41, 5.74) is 0. The first-order chi connectivity index (χ1) is 8.04. The lowest BCUT2D eigenvalue weighted by Crippen LogP contribution is -2.48. The summed E-state index contributed by atoms with van der Waals surface area (Å²) >= 11 is 0. The lowest BCUT2D eigenvalue weighted by molar-refractivity contribution is -0.126. The third-order valence-corrected chi connectivity index (χ3v) is 3.86. The van der Waals surface area contributed by atoms with E-state index in [9.17, 15) is 4.79 Å². The molecule has 4 nitrogen and oxygen atoms in total. The van der Waals surface area contributed by atoms with Crippen molar-refractivity contribution in [2.75, 3.05) is 20.2 Å². The third kappa shape index (κ3) is 4.64. The van der Waals surface area contributed by atoms with Crippen LogP contribution < -0.4 is 5.32 Å². The molecule has 0 radical (unpaired) electrons. The van der Waals surface area contributed by atoms with Crippen LogP contribution in [-0.4, -0.2) is 48.2 Å². The Balaban J connectivity index is 2.33. The van der Waals surface area contributed by atoms with Crippen molar-refractivity contribution in [2.24, 2.45) is 5.92 Å². The molecule has 17 heavy (non-hydrogen) atoms. The summed E-state index contributed by atoms with van der Waals surface area (Å²) in [5.74, 6) is 0.887. The summed E-state index contributed by atoms with van der Waals surface area (Å²) in [4.78, 5) is 13.9. The maximum absolute atomic E-state index is 12.0. The van der Waals surface area contributed by atoms with Crippen molar-refractivity contribution in [3.8, 4) is 0 Å². The largest absolute Gasteiger partial charge is 0.395 e. The number of nitrogens with zero attached hydrogens (tertiary/aromatic N) is 1. The molecule has 1 unspecified atom stereocenters. The fraction of sp³-hybridized carbons (Fsp3) is 0.923. The molecule has 1 saturated carbocycles. The lowest BCUT2D eigenvalue weighted by atomic mass is 9.87. The normalized spacial score (nSPS) is 26.9. The Morgan fingerprint density at radius 1 is 1.41 bits per heavy atom. The van der Waals surface area contributed by atoms with Crippen LogP contribution in [0.4, 0.5) is 0 Å². The van der Waals surface area contributed by atoms with E-state index in [1.807, 2.05) is 18.9 Å². The standard InChI is InChI=1S/C13H26N2O2/c1-10-4-6-12(7-5-10)14-13(17)11(2)15(3)8-9-16/h10-12,16H,4-9H2,1-3H3,(H,14,17). The molecule has 0 aromatic heterocycles. The average Bonchev–Trinajstić information content (AvgIpc) is 2.31. The van der Waals surface area contributed by atoms with Gasteiger partial charge in [-0.1, -0.05) is 6.92 Å². The van der Waals surface area contributed by atoms with Gasteiger partial charge in [-0.25, -0.2) is 0 Å². The smallest absolute Gasteiger partial charge is 0.237 e. The zero-order valence-electron chi connectivity index (χ0n) is 11.3. The van der Waals surface area contributed by atoms with Crippen LogP contribution in [0.1, 0.15) is 39.5 Å². The molecule has 1 fully saturated rings. The van der Waals surface area contributed by atoms with Crippen molar-refractivity contribution in [3.05, 3.63) is 0 Å². The van der Waals surface area contributed by atoms with Gasteiger partial charge in [-0.2, -0.15) is 0 Å². The molecule has 0 saturated heterocycles. The minimum Gasteiger partial charge on any atom is -0.395 e. The molecule has 0 spiro atoms. The van der Waals surface area contributed by atoms with Gasteiger partial charge in [-0.15, -0.1) is 0 Å². The van der Waals surface area contributed by atoms with Crippen LogP contribution in [0.15, 0.2) is 0 Å². The Morgan fingerprint density at radius 3 is 2.53 bits per heavy atom. The highest BCUT2D eigenvalue weighted by atomic mass is 16.3. The number of rotatable bonds is 5. The Hall–Kier alpha value is -0.610. The van der Waals surface area contributed by atoms with Crippen molar-refractivity contribution in [2.45, 2.75) is 51.6 Å². The van der Waals surface area contributed by atoms with Gasteiger partial charge >= 0.3 is 0 Å². The highest BCUT2D eigenvalue weighted by molar-refractivity contribution is 5.81. The Morgan fingerprint density at radius 2 is 2.00 bits per heavy atom. The van der Waals surface area contributed by atoms with Gasteiger partial charge in [0.2, 0.25) is 5.91 Å². The van der Waals surface area contributed by atoms with Crippen LogP contribution in [0.5, 0.6) is 0 Å². The molecule has 0 aromatic rings. The van der Waals surface area contributed by atoms with E-state index in [1.165, 1.54) is 12.8 Å². The minimum absolute atomic E-state index is 0.0838. The van der Waals surface area contributed by atoms with Crippen molar-refractivity contribution in [1.82, 2.24) is 10.2 Å². The Bertz CT molecular complexity index is 238. The second kappa shape index (κ2) is 6.97. The van der Waals surface area contributed by atoms with Gasteiger partial charge in [-0.3, -0.25) is 9.69 Å². The maximum Gasteiger partial charge on any atom is 0.237 e. The van der Waals surface area contributed by atoms with E-state index < -0.39 is 0 Å². The second-order valence-electron chi connectivity index (χ2n) is 5.35. The Labute approximate surface area is 104 Å². The second-order valence-corrected chi connectivity index (χ2v) is 5.35. The van der Waals surface area contributed by atoms with Crippen molar-refractivity contribution in [1.29, 1.82) is 0 Å². The van der Waals surface area contributed by atoms with Gasteiger partial charge in [0.25, 0.3) is 0 Å². The van der Waals surface area contributed by atoms with Crippen LogP contribution in [0.3, 0.4) is 0 Å². The predicted molar refractivity (Wildman–Crippen MR) is 68.7 cm³/mol. The van der Waals surface area contributed by atoms with Crippen LogP contribution >= 0.6 is 0 Å². The monoisotopic (exact) mass is 242 g/mol. The number of aliphatic hydroxyl groups excluding tert-OH is 1. The van der Waals surface area contributed by atoms with Crippen LogP contribution in [-0.2, 0) is 4.79 Å². The third-order valence-electron chi connectivity index (χ3n) is 3.86. The van der Waals surface area contributed by atoms with Crippen molar-refractivity contribution < 1.29 is 9.90 Å². The van der Waals surface area contributed by atoms with E-state index in [2.05, 4.69) is 12.2 Å². The zero-order chi connectivity index (χ0) is 12.8. The molecule has 1 atom stereocenters. The molecule has 100 valence electrons. The maximum atomic E-state index is 12.0. The van der Waals surface area contributed by atoms with Gasteiger partial charge in [-0.05, 0) is 45.6 Å². The van der Waals surface area contributed by atoms with Gasteiger partial charge < -0.3 is 10.4 Å². The first kappa shape index (κ1) is 14.5. The molecule has 1 aliphatic carbocycles. The molecular weight excluding hydrogens is 216 g/mol. The summed E-state index contributed by atoms with van der Waals surface area (Å²) in [6.07, 6.45) is 4.63. The number of nitrogens with one attached hydrogen (secondary N) is 1. The van der Waals surface area contributed by atoms with Crippen LogP contribution in [0.2, 0.25) is 0 Å². The summed E-state index contributed by atoms with van der Waals surface area (Å²) in [6.45, 7) is 4.79. The van der Waals surface area contributed by atoms with E-state index in [-0.39, 0.29) is 18.6 Å². The fourth-order valence-electron chi connectivity index (χ4n) is 2.28. The van der Waals surface area contributed by atoms with E-state index in [0.717, 1.165) is 18.8 Å². The molecule has 4 heteroatoms. The van der Waals surface area contributed by atoms with E-state index >= 15 is 0 Å². The molecule has 0 aliphatic heterocycles. The van der Waals surface area contributed by atoms with Crippen LogP contribution in [0, 0.1) is 5.92 Å². The summed E-state index contributed by atoms with van der Waals surface area (Å²) in [6, 6.07) is 0.185. The number of carbonyl (C=O) groups is 1. The molecule has 1 amide bonds. The van der Waals surface area contributed by atoms with Gasteiger partial charge in [0.05, 0.1) is 12.6 Å². The SMILES string of the molecule is CC1CCC(NC(=O)C(C)N(C)CCO)CC1. The van der Waals surface area contributed by atoms with Gasteiger partial charge in [0.1, 0.15) is 0 Å². The van der Waals surface area contributed by atoms with Crippen molar-refractivity contribution in [3.63, 3.8) is 0 Å². The van der Waals surface area contributed by atoms with E-state index in [1.54, 1.807) is 0 Å². The fourth-order valence-corrected chi connectivity index (χ4v) is 2.28. The topological polar surface area (TPSA) is 52.6 Å². The summed E-state index contributed by atoms with van der Waals surface area (Å²) in [5, 5.41) is 12.0. The van der Waals surface area contributed by atoms with Crippen molar-refractivity contribution >= 4 is 5.91 Å². The highest BCUT2D eigenvalue weighted by Gasteiger charge is 2.23. The Kier molecular flexibility index (Phi) is 5.92. The molecule has 0 aromatic carbocycles. The summed E-state index contributed by atoms with van der Waals surface area (Å²) < 4.78 is 0. The zero-order valence-corrected chi connectivity index (χ0v) is 11.3. The van der Waals surface area contributed by atoms with E-state index in [4.69, 9.17) is 5.11 Å². The van der Waals surface area contributed by atoms with Gasteiger partial charge in [0, 0.05) is 12.6 Å². The molecule has 0 heterocycles. The number of carbonyl (C=O) groups excluding carboxylic acids is 1. The quantitative estimate of drug-likeness (QED) is 0.756. The molecule has 0 bridgehead atoms. The minimum atomic E-state index is -0.165.